The number of aromatic nitrogens is 1. The number of hydrogen-bond donors (Lipinski definition) is 2. The fraction of sp³-hybridized carbons (Fsp3) is 0. The minimum Gasteiger partial charge on any atom is -0.508 e. The Morgan fingerprint density at radius 1 is 1.10 bits per heavy atom. The van der Waals surface area contributed by atoms with Gasteiger partial charge in [-0.15, -0.1) is 11.3 Å². The summed E-state index contributed by atoms with van der Waals surface area (Å²) in [5.74, 6) is -0.595. The molecule has 0 aliphatic heterocycles. The van der Waals surface area contributed by atoms with Crippen LogP contribution in [0.3, 0.4) is 0 Å². The number of nitrogens with zero attached hydrogens (tertiary/aromatic N) is 1. The van der Waals surface area contributed by atoms with Gasteiger partial charge in [0.15, 0.2) is 0 Å². The molecule has 5 heteroatoms. The molecule has 0 amide bonds. The first-order valence-electron chi connectivity index (χ1n) is 5.94. The van der Waals surface area contributed by atoms with Crippen LogP contribution < -0.4 is 5.73 Å². The fourth-order valence-corrected chi connectivity index (χ4v) is 2.78. The molecular formula is C15H11FN2OS. The Kier molecular flexibility index (Phi) is 3.12. The maximum Gasteiger partial charge on any atom is 0.137 e. The standard InChI is InChI=1S/C15H11FN2OS/c16-12-7-9(19)5-6-10(12)15-18-14(8-20-15)11-3-1-2-4-13(11)17/h1-8,19H,17H2. The number of benzene rings is 2. The van der Waals surface area contributed by atoms with E-state index in [1.165, 1.54) is 23.5 Å². The second-order valence-corrected chi connectivity index (χ2v) is 5.15. The SMILES string of the molecule is Nc1ccccc1-c1csc(-c2ccc(O)cc2F)n1. The van der Waals surface area contributed by atoms with Crippen molar-refractivity contribution in [1.82, 2.24) is 4.98 Å². The number of nitrogens with two attached hydrogens (primary N) is 1. The first-order valence-corrected chi connectivity index (χ1v) is 6.82. The molecule has 1 heterocycles. The van der Waals surface area contributed by atoms with Crippen molar-refractivity contribution in [3.05, 3.63) is 53.7 Å². The Morgan fingerprint density at radius 2 is 1.90 bits per heavy atom. The van der Waals surface area contributed by atoms with Gasteiger partial charge < -0.3 is 10.8 Å². The number of aromatic hydroxyl groups is 1. The highest BCUT2D eigenvalue weighted by Crippen LogP contribution is 2.33. The van der Waals surface area contributed by atoms with Gasteiger partial charge >= 0.3 is 0 Å². The Balaban J connectivity index is 2.04. The predicted molar refractivity (Wildman–Crippen MR) is 79.0 cm³/mol. The van der Waals surface area contributed by atoms with Crippen LogP contribution in [-0.4, -0.2) is 10.1 Å². The molecule has 0 aliphatic rings. The summed E-state index contributed by atoms with van der Waals surface area (Å²) in [7, 11) is 0. The molecule has 1 aromatic heterocycles. The highest BCUT2D eigenvalue weighted by Gasteiger charge is 2.12. The maximum atomic E-state index is 13.8. The molecule has 0 spiro atoms. The van der Waals surface area contributed by atoms with E-state index < -0.39 is 5.82 Å². The highest BCUT2D eigenvalue weighted by molar-refractivity contribution is 7.13. The predicted octanol–water partition coefficient (Wildman–Crippen LogP) is 3.90. The smallest absolute Gasteiger partial charge is 0.137 e. The third-order valence-electron chi connectivity index (χ3n) is 2.92. The average molecular weight is 286 g/mol. The number of nitrogen functional groups attached to an aromatic ring is 1. The maximum absolute atomic E-state index is 13.8. The van der Waals surface area contributed by atoms with Gasteiger partial charge in [-0.25, -0.2) is 9.37 Å². The molecule has 3 nitrogen and oxygen atoms in total. The number of halogens is 1. The van der Waals surface area contributed by atoms with E-state index in [1.807, 2.05) is 23.6 Å². The largest absolute Gasteiger partial charge is 0.508 e. The third-order valence-corrected chi connectivity index (χ3v) is 3.80. The van der Waals surface area contributed by atoms with E-state index in [-0.39, 0.29) is 5.75 Å². The van der Waals surface area contributed by atoms with Crippen LogP contribution in [0.15, 0.2) is 47.8 Å². The molecule has 0 aliphatic carbocycles. The van der Waals surface area contributed by atoms with Gasteiger partial charge in [-0.1, -0.05) is 18.2 Å². The van der Waals surface area contributed by atoms with Gasteiger partial charge in [0.2, 0.25) is 0 Å². The summed E-state index contributed by atoms with van der Waals surface area (Å²) < 4.78 is 13.8. The van der Waals surface area contributed by atoms with Gasteiger partial charge in [-0.2, -0.15) is 0 Å². The lowest BCUT2D eigenvalue weighted by atomic mass is 10.1. The zero-order valence-corrected chi connectivity index (χ0v) is 11.2. The van der Waals surface area contributed by atoms with Crippen molar-refractivity contribution in [2.24, 2.45) is 0 Å². The van der Waals surface area contributed by atoms with E-state index in [0.717, 1.165) is 17.3 Å². The molecule has 0 unspecified atom stereocenters. The number of hydrogen-bond acceptors (Lipinski definition) is 4. The first-order chi connectivity index (χ1) is 9.65. The molecule has 0 fully saturated rings. The molecule has 20 heavy (non-hydrogen) atoms. The van der Waals surface area contributed by atoms with E-state index in [0.29, 0.717) is 16.3 Å². The number of rotatable bonds is 2. The van der Waals surface area contributed by atoms with Crippen LogP contribution in [-0.2, 0) is 0 Å². The van der Waals surface area contributed by atoms with Crippen LogP contribution in [0.2, 0.25) is 0 Å². The Bertz CT molecular complexity index is 770. The summed E-state index contributed by atoms with van der Waals surface area (Å²) in [4.78, 5) is 4.42. The number of phenols is 1. The minimum atomic E-state index is -0.494. The zero-order valence-electron chi connectivity index (χ0n) is 10.4. The molecule has 0 radical (unpaired) electrons. The van der Waals surface area contributed by atoms with E-state index in [4.69, 9.17) is 5.73 Å². The normalized spacial score (nSPS) is 10.7. The van der Waals surface area contributed by atoms with Gasteiger partial charge in [-0.3, -0.25) is 0 Å². The topological polar surface area (TPSA) is 59.1 Å². The fourth-order valence-electron chi connectivity index (χ4n) is 1.93. The van der Waals surface area contributed by atoms with Crippen LogP contribution in [0.1, 0.15) is 0 Å². The van der Waals surface area contributed by atoms with Crippen molar-refractivity contribution in [1.29, 1.82) is 0 Å². The molecule has 3 N–H and O–H groups in total. The number of anilines is 1. The van der Waals surface area contributed by atoms with E-state index in [1.54, 1.807) is 6.07 Å². The van der Waals surface area contributed by atoms with Crippen molar-refractivity contribution in [2.45, 2.75) is 0 Å². The molecule has 2 aromatic carbocycles. The highest BCUT2D eigenvalue weighted by atomic mass is 32.1. The van der Waals surface area contributed by atoms with Crippen LogP contribution in [0, 0.1) is 5.82 Å². The van der Waals surface area contributed by atoms with E-state index >= 15 is 0 Å². The molecule has 100 valence electrons. The summed E-state index contributed by atoms with van der Waals surface area (Å²) in [5.41, 5.74) is 8.46. The first kappa shape index (κ1) is 12.6. The van der Waals surface area contributed by atoms with Gasteiger partial charge in [-0.05, 0) is 18.2 Å². The van der Waals surface area contributed by atoms with Gasteiger partial charge in [0, 0.05) is 28.3 Å². The molecule has 0 saturated carbocycles. The summed E-state index contributed by atoms with van der Waals surface area (Å²) in [5, 5.41) is 11.6. The number of thiazole rings is 1. The van der Waals surface area contributed by atoms with Crippen LogP contribution in [0.25, 0.3) is 21.8 Å². The van der Waals surface area contributed by atoms with Crippen LogP contribution in [0.4, 0.5) is 10.1 Å². The monoisotopic (exact) mass is 286 g/mol. The number of phenolic OH excluding ortho intramolecular Hbond substituents is 1. The molecule has 0 bridgehead atoms. The molecule has 3 aromatic rings. The minimum absolute atomic E-state index is 0.102. The Morgan fingerprint density at radius 3 is 2.65 bits per heavy atom. The summed E-state index contributed by atoms with van der Waals surface area (Å²) in [6, 6.07) is 11.4. The summed E-state index contributed by atoms with van der Waals surface area (Å²) in [6.45, 7) is 0. The van der Waals surface area contributed by atoms with Crippen molar-refractivity contribution < 1.29 is 9.50 Å². The lowest BCUT2D eigenvalue weighted by molar-refractivity contribution is 0.469. The molecule has 0 saturated heterocycles. The molecule has 0 atom stereocenters. The van der Waals surface area contributed by atoms with Crippen molar-refractivity contribution in [3.8, 4) is 27.6 Å². The lowest BCUT2D eigenvalue weighted by Gasteiger charge is -2.01. The summed E-state index contributed by atoms with van der Waals surface area (Å²) in [6.07, 6.45) is 0. The van der Waals surface area contributed by atoms with Crippen molar-refractivity contribution in [2.75, 3.05) is 5.73 Å². The van der Waals surface area contributed by atoms with Gasteiger partial charge in [0.05, 0.1) is 5.69 Å². The molecular weight excluding hydrogens is 275 g/mol. The third kappa shape index (κ3) is 2.23. The van der Waals surface area contributed by atoms with Gasteiger partial charge in [0.25, 0.3) is 0 Å². The number of para-hydroxylation sites is 1. The van der Waals surface area contributed by atoms with Crippen molar-refractivity contribution >= 4 is 17.0 Å². The summed E-state index contributed by atoms with van der Waals surface area (Å²) >= 11 is 1.34. The van der Waals surface area contributed by atoms with Crippen LogP contribution >= 0.6 is 11.3 Å². The molecule has 3 rings (SSSR count). The average Bonchev–Trinajstić information content (AvgIpc) is 2.88. The second kappa shape index (κ2) is 4.94. The Hall–Kier alpha value is -2.40. The lowest BCUT2D eigenvalue weighted by Crippen LogP contribution is -1.89. The van der Waals surface area contributed by atoms with E-state index in [2.05, 4.69) is 4.98 Å². The second-order valence-electron chi connectivity index (χ2n) is 4.29. The van der Waals surface area contributed by atoms with Gasteiger partial charge in [0.1, 0.15) is 16.6 Å². The van der Waals surface area contributed by atoms with Crippen LogP contribution in [0.5, 0.6) is 5.75 Å². The van der Waals surface area contributed by atoms with E-state index in [9.17, 15) is 9.50 Å². The quantitative estimate of drug-likeness (QED) is 0.702. The van der Waals surface area contributed by atoms with Crippen molar-refractivity contribution in [3.63, 3.8) is 0 Å². The Labute approximate surface area is 119 Å². The zero-order chi connectivity index (χ0) is 14.1.